The van der Waals surface area contributed by atoms with Gasteiger partial charge in [0.05, 0.1) is 5.92 Å². The number of rotatable bonds is 5. The Morgan fingerprint density at radius 1 is 1.11 bits per heavy atom. The van der Waals surface area contributed by atoms with Crippen LogP contribution in [0.25, 0.3) is 0 Å². The van der Waals surface area contributed by atoms with Crippen molar-refractivity contribution < 1.29 is 14.3 Å². The van der Waals surface area contributed by atoms with Crippen LogP contribution in [0.2, 0.25) is 0 Å². The number of nitrogens with one attached hydrogen (secondary N) is 1. The molecule has 1 atom stereocenters. The van der Waals surface area contributed by atoms with Gasteiger partial charge in [0.1, 0.15) is 5.75 Å². The van der Waals surface area contributed by atoms with Crippen LogP contribution in [0, 0.1) is 26.7 Å². The first kappa shape index (κ1) is 19.9. The fourth-order valence-corrected chi connectivity index (χ4v) is 3.80. The van der Waals surface area contributed by atoms with Crippen LogP contribution < -0.4 is 10.1 Å². The highest BCUT2D eigenvalue weighted by Gasteiger charge is 2.28. The average molecular weight is 380 g/mol. The van der Waals surface area contributed by atoms with Gasteiger partial charge in [-0.1, -0.05) is 35.9 Å². The van der Waals surface area contributed by atoms with Crippen LogP contribution in [-0.2, 0) is 9.59 Å². The number of piperidine rings is 1. The smallest absolute Gasteiger partial charge is 0.260 e. The topological polar surface area (TPSA) is 58.6 Å². The zero-order valence-electron chi connectivity index (χ0n) is 16.8. The third-order valence-corrected chi connectivity index (χ3v) is 5.13. The lowest BCUT2D eigenvalue weighted by Gasteiger charge is -2.32. The van der Waals surface area contributed by atoms with Crippen molar-refractivity contribution in [2.24, 2.45) is 5.92 Å². The Morgan fingerprint density at radius 3 is 2.46 bits per heavy atom. The number of anilines is 1. The van der Waals surface area contributed by atoms with Gasteiger partial charge in [-0.25, -0.2) is 0 Å². The number of para-hydroxylation sites is 1. The first-order valence-electron chi connectivity index (χ1n) is 9.78. The average Bonchev–Trinajstić information content (AvgIpc) is 2.68. The van der Waals surface area contributed by atoms with E-state index in [2.05, 4.69) is 17.4 Å². The molecule has 1 aliphatic rings. The maximum absolute atomic E-state index is 12.7. The van der Waals surface area contributed by atoms with Gasteiger partial charge < -0.3 is 15.0 Å². The van der Waals surface area contributed by atoms with Gasteiger partial charge in [-0.15, -0.1) is 0 Å². The number of aryl methyl sites for hydroxylation is 3. The fraction of sp³-hybridized carbons (Fsp3) is 0.391. The molecular weight excluding hydrogens is 352 g/mol. The van der Waals surface area contributed by atoms with Gasteiger partial charge in [-0.3, -0.25) is 9.59 Å². The summed E-state index contributed by atoms with van der Waals surface area (Å²) in [6.45, 7) is 7.13. The maximum atomic E-state index is 12.7. The number of amides is 2. The highest BCUT2D eigenvalue weighted by molar-refractivity contribution is 5.93. The third-order valence-electron chi connectivity index (χ3n) is 5.13. The van der Waals surface area contributed by atoms with Crippen molar-refractivity contribution in [1.29, 1.82) is 0 Å². The molecule has 5 nitrogen and oxygen atoms in total. The lowest BCUT2D eigenvalue weighted by molar-refractivity contribution is -0.136. The molecule has 1 saturated heterocycles. The molecule has 3 rings (SSSR count). The van der Waals surface area contributed by atoms with Gasteiger partial charge in [0.25, 0.3) is 5.91 Å². The number of hydrogen-bond acceptors (Lipinski definition) is 3. The number of carbonyl (C=O) groups excluding carboxylic acids is 2. The van der Waals surface area contributed by atoms with Crippen molar-refractivity contribution in [1.82, 2.24) is 4.90 Å². The molecular formula is C23H28N2O3. The van der Waals surface area contributed by atoms with Crippen molar-refractivity contribution in [2.45, 2.75) is 33.6 Å². The highest BCUT2D eigenvalue weighted by atomic mass is 16.5. The zero-order valence-corrected chi connectivity index (χ0v) is 16.8. The number of likely N-dealkylation sites (tertiary alicyclic amines) is 1. The van der Waals surface area contributed by atoms with E-state index in [0.717, 1.165) is 35.4 Å². The molecule has 0 saturated carbocycles. The predicted molar refractivity (Wildman–Crippen MR) is 111 cm³/mol. The largest absolute Gasteiger partial charge is 0.483 e. The van der Waals surface area contributed by atoms with Crippen LogP contribution in [0.1, 0.15) is 29.5 Å². The maximum Gasteiger partial charge on any atom is 0.260 e. The van der Waals surface area contributed by atoms with E-state index in [4.69, 9.17) is 4.74 Å². The molecule has 0 spiro atoms. The molecule has 0 aromatic heterocycles. The molecule has 0 unspecified atom stereocenters. The Bertz CT molecular complexity index is 825. The first-order valence-corrected chi connectivity index (χ1v) is 9.78. The molecule has 148 valence electrons. The Hall–Kier alpha value is -2.82. The minimum absolute atomic E-state index is 0.00222. The van der Waals surface area contributed by atoms with Crippen molar-refractivity contribution >= 4 is 17.5 Å². The van der Waals surface area contributed by atoms with E-state index in [1.165, 1.54) is 5.56 Å². The molecule has 0 aliphatic carbocycles. The van der Waals surface area contributed by atoms with Gasteiger partial charge in [-0.2, -0.15) is 0 Å². The minimum Gasteiger partial charge on any atom is -0.483 e. The SMILES string of the molecule is Cc1cc(C)c(OCC(=O)N2CCC[C@@H](C(=O)Nc3ccccc3)C2)c(C)c1. The van der Waals surface area contributed by atoms with Gasteiger partial charge >= 0.3 is 0 Å². The lowest BCUT2D eigenvalue weighted by atomic mass is 9.97. The Morgan fingerprint density at radius 2 is 1.79 bits per heavy atom. The Kier molecular flexibility index (Phi) is 6.34. The van der Waals surface area contributed by atoms with Crippen molar-refractivity contribution in [2.75, 3.05) is 25.0 Å². The van der Waals surface area contributed by atoms with Crippen molar-refractivity contribution in [3.8, 4) is 5.75 Å². The Labute approximate surface area is 166 Å². The van der Waals surface area contributed by atoms with Crippen LogP contribution in [0.5, 0.6) is 5.75 Å². The minimum atomic E-state index is -0.194. The number of hydrogen-bond donors (Lipinski definition) is 1. The molecule has 2 amide bonds. The molecule has 1 fully saturated rings. The van der Waals surface area contributed by atoms with Crippen LogP contribution >= 0.6 is 0 Å². The molecule has 28 heavy (non-hydrogen) atoms. The van der Waals surface area contributed by atoms with Crippen LogP contribution in [0.15, 0.2) is 42.5 Å². The molecule has 5 heteroatoms. The zero-order chi connectivity index (χ0) is 20.1. The summed E-state index contributed by atoms with van der Waals surface area (Å²) in [5.74, 6) is 0.474. The van der Waals surface area contributed by atoms with E-state index in [-0.39, 0.29) is 24.3 Å². The molecule has 1 heterocycles. The van der Waals surface area contributed by atoms with E-state index in [0.29, 0.717) is 13.1 Å². The van der Waals surface area contributed by atoms with E-state index >= 15 is 0 Å². The summed E-state index contributed by atoms with van der Waals surface area (Å²) in [7, 11) is 0. The number of carbonyl (C=O) groups is 2. The fourth-order valence-electron chi connectivity index (χ4n) is 3.80. The second-order valence-electron chi connectivity index (χ2n) is 7.55. The monoisotopic (exact) mass is 380 g/mol. The van der Waals surface area contributed by atoms with Crippen LogP contribution in [0.3, 0.4) is 0 Å². The summed E-state index contributed by atoms with van der Waals surface area (Å²) in [4.78, 5) is 27.0. The summed E-state index contributed by atoms with van der Waals surface area (Å²) in [5, 5.41) is 2.94. The van der Waals surface area contributed by atoms with Crippen molar-refractivity contribution in [3.63, 3.8) is 0 Å². The second kappa shape index (κ2) is 8.91. The van der Waals surface area contributed by atoms with Gasteiger partial charge in [0.15, 0.2) is 6.61 Å². The first-order chi connectivity index (χ1) is 13.4. The molecule has 1 aliphatic heterocycles. The second-order valence-corrected chi connectivity index (χ2v) is 7.55. The van der Waals surface area contributed by atoms with E-state index < -0.39 is 0 Å². The Balaban J connectivity index is 1.56. The molecule has 2 aromatic rings. The number of ether oxygens (including phenoxy) is 1. The molecule has 0 bridgehead atoms. The quantitative estimate of drug-likeness (QED) is 0.857. The highest BCUT2D eigenvalue weighted by Crippen LogP contribution is 2.25. The molecule has 2 aromatic carbocycles. The number of benzene rings is 2. The van der Waals surface area contributed by atoms with E-state index in [9.17, 15) is 9.59 Å². The predicted octanol–water partition coefficient (Wildman–Crippen LogP) is 3.87. The third kappa shape index (κ3) is 4.91. The molecule has 1 N–H and O–H groups in total. The van der Waals surface area contributed by atoms with E-state index in [1.807, 2.05) is 51.1 Å². The summed E-state index contributed by atoms with van der Waals surface area (Å²) in [5.41, 5.74) is 4.02. The lowest BCUT2D eigenvalue weighted by Crippen LogP contribution is -2.45. The number of nitrogens with zero attached hydrogens (tertiary/aromatic N) is 1. The summed E-state index contributed by atoms with van der Waals surface area (Å²) in [6, 6.07) is 13.5. The van der Waals surface area contributed by atoms with E-state index in [1.54, 1.807) is 4.90 Å². The summed E-state index contributed by atoms with van der Waals surface area (Å²) in [6.07, 6.45) is 1.61. The summed E-state index contributed by atoms with van der Waals surface area (Å²) >= 11 is 0. The normalized spacial score (nSPS) is 16.5. The summed E-state index contributed by atoms with van der Waals surface area (Å²) < 4.78 is 5.84. The van der Waals surface area contributed by atoms with Gasteiger partial charge in [-0.05, 0) is 56.9 Å². The van der Waals surface area contributed by atoms with Crippen LogP contribution in [-0.4, -0.2) is 36.4 Å². The van der Waals surface area contributed by atoms with Gasteiger partial charge in [0, 0.05) is 18.8 Å². The van der Waals surface area contributed by atoms with Crippen molar-refractivity contribution in [3.05, 3.63) is 59.2 Å². The van der Waals surface area contributed by atoms with Crippen LogP contribution in [0.4, 0.5) is 5.69 Å². The van der Waals surface area contributed by atoms with Gasteiger partial charge in [0.2, 0.25) is 5.91 Å². The molecule has 0 radical (unpaired) electrons. The standard InChI is InChI=1S/C23H28N2O3/c1-16-12-17(2)22(18(3)13-16)28-15-21(26)25-11-7-8-19(14-25)23(27)24-20-9-5-4-6-10-20/h4-6,9-10,12-13,19H,7-8,11,14-15H2,1-3H3,(H,24,27)/t19-/m1/s1.